The number of nitro groups is 1. The highest BCUT2D eigenvalue weighted by atomic mass is 16.8. The summed E-state index contributed by atoms with van der Waals surface area (Å²) in [5, 5.41) is 113. The SMILES string of the molecule is O=[N+]([O-])c1ccc(O[C@@H]2O[C@H](CO)[C@@H](O[C@@H]3O[C@H](CO)[C@H](O)[C@H](O[C@@H]4O[C@H](CO)[C@H](O)[C@H](O)[C@H]4O)[C@H]3O)[C@H](O)[C@H]2O)cc1. The van der Waals surface area contributed by atoms with E-state index >= 15 is 0 Å². The van der Waals surface area contributed by atoms with Gasteiger partial charge in [0.25, 0.3) is 5.69 Å². The lowest BCUT2D eigenvalue weighted by Crippen LogP contribution is -2.67. The molecule has 3 aliphatic rings. The second-order valence-corrected chi connectivity index (χ2v) is 10.2. The molecule has 0 aromatic heterocycles. The summed E-state index contributed by atoms with van der Waals surface area (Å²) in [6.45, 7) is -2.44. The van der Waals surface area contributed by atoms with Crippen LogP contribution >= 0.6 is 0 Å². The quantitative estimate of drug-likeness (QED) is 0.0856. The molecule has 15 atom stereocenters. The molecule has 19 nitrogen and oxygen atoms in total. The van der Waals surface area contributed by atoms with E-state index in [2.05, 4.69) is 0 Å². The molecule has 10 N–H and O–H groups in total. The Labute approximate surface area is 242 Å². The van der Waals surface area contributed by atoms with Crippen molar-refractivity contribution < 1.29 is 84.4 Å². The predicted molar refractivity (Wildman–Crippen MR) is 133 cm³/mol. The molecule has 3 heterocycles. The van der Waals surface area contributed by atoms with Gasteiger partial charge in [0.1, 0.15) is 79.0 Å². The van der Waals surface area contributed by atoms with Gasteiger partial charge < -0.3 is 79.5 Å². The van der Waals surface area contributed by atoms with Gasteiger partial charge in [0.2, 0.25) is 6.29 Å². The molecule has 1 aromatic rings. The zero-order chi connectivity index (χ0) is 31.6. The number of hydrogen-bond donors (Lipinski definition) is 10. The van der Waals surface area contributed by atoms with Gasteiger partial charge in [-0.2, -0.15) is 0 Å². The van der Waals surface area contributed by atoms with Crippen LogP contribution in [0.15, 0.2) is 24.3 Å². The summed E-state index contributed by atoms with van der Waals surface area (Å²) in [5.41, 5.74) is -0.231. The Morgan fingerprint density at radius 2 is 1.09 bits per heavy atom. The normalized spacial score (nSPS) is 43.7. The van der Waals surface area contributed by atoms with E-state index in [-0.39, 0.29) is 11.4 Å². The number of ether oxygens (including phenoxy) is 6. The first-order valence-electron chi connectivity index (χ1n) is 13.2. The van der Waals surface area contributed by atoms with Gasteiger partial charge in [0.15, 0.2) is 12.6 Å². The average molecular weight is 626 g/mol. The number of nitrogens with zero attached hydrogens (tertiary/aromatic N) is 1. The molecule has 3 aliphatic heterocycles. The molecule has 0 radical (unpaired) electrons. The minimum atomic E-state index is -1.96. The summed E-state index contributed by atoms with van der Waals surface area (Å²) in [4.78, 5) is 10.2. The van der Waals surface area contributed by atoms with Crippen LogP contribution in [0.25, 0.3) is 0 Å². The van der Waals surface area contributed by atoms with E-state index in [1.165, 1.54) is 12.1 Å². The molecular formula is C24H35NO18. The Kier molecular flexibility index (Phi) is 11.2. The number of non-ortho nitro benzene ring substituents is 1. The van der Waals surface area contributed by atoms with Crippen molar-refractivity contribution in [3.63, 3.8) is 0 Å². The number of nitro benzene ring substituents is 1. The molecule has 3 saturated heterocycles. The first-order valence-corrected chi connectivity index (χ1v) is 13.2. The number of hydrogen-bond acceptors (Lipinski definition) is 18. The fourth-order valence-corrected chi connectivity index (χ4v) is 4.91. The zero-order valence-electron chi connectivity index (χ0n) is 22.3. The van der Waals surface area contributed by atoms with Crippen LogP contribution in [-0.4, -0.2) is 168 Å². The van der Waals surface area contributed by atoms with Gasteiger partial charge in [0, 0.05) is 12.1 Å². The van der Waals surface area contributed by atoms with Crippen molar-refractivity contribution in [2.75, 3.05) is 19.8 Å². The Balaban J connectivity index is 1.47. The maximum absolute atomic E-state index is 11.0. The maximum atomic E-state index is 11.0. The van der Waals surface area contributed by atoms with Crippen LogP contribution in [-0.2, 0) is 23.7 Å². The van der Waals surface area contributed by atoms with Crippen LogP contribution in [0.5, 0.6) is 5.75 Å². The molecule has 0 unspecified atom stereocenters. The molecule has 43 heavy (non-hydrogen) atoms. The Bertz CT molecular complexity index is 1050. The molecule has 244 valence electrons. The summed E-state index contributed by atoms with van der Waals surface area (Å²) in [6.07, 6.45) is -25.7. The van der Waals surface area contributed by atoms with Crippen LogP contribution in [0.1, 0.15) is 0 Å². The van der Waals surface area contributed by atoms with Gasteiger partial charge in [-0.3, -0.25) is 10.1 Å². The van der Waals surface area contributed by atoms with Gasteiger partial charge in [-0.1, -0.05) is 0 Å². The number of rotatable bonds is 10. The van der Waals surface area contributed by atoms with Crippen molar-refractivity contribution in [3.8, 4) is 5.75 Å². The van der Waals surface area contributed by atoms with Gasteiger partial charge in [-0.25, -0.2) is 0 Å². The van der Waals surface area contributed by atoms with E-state index in [1.54, 1.807) is 0 Å². The van der Waals surface area contributed by atoms with Gasteiger partial charge >= 0.3 is 0 Å². The van der Waals surface area contributed by atoms with Crippen LogP contribution in [0.3, 0.4) is 0 Å². The lowest BCUT2D eigenvalue weighted by atomic mass is 9.96. The molecule has 1 aromatic carbocycles. The first-order chi connectivity index (χ1) is 20.4. The molecule has 0 saturated carbocycles. The molecule has 0 spiro atoms. The number of aliphatic hydroxyl groups excluding tert-OH is 10. The van der Waals surface area contributed by atoms with E-state index in [0.717, 1.165) is 12.1 Å². The minimum Gasteiger partial charge on any atom is -0.462 e. The van der Waals surface area contributed by atoms with Crippen molar-refractivity contribution in [3.05, 3.63) is 34.4 Å². The van der Waals surface area contributed by atoms with Crippen molar-refractivity contribution in [2.45, 2.75) is 92.1 Å². The molecule has 3 fully saturated rings. The van der Waals surface area contributed by atoms with Crippen LogP contribution in [0.2, 0.25) is 0 Å². The van der Waals surface area contributed by atoms with E-state index in [9.17, 15) is 61.2 Å². The molecule has 0 aliphatic carbocycles. The smallest absolute Gasteiger partial charge is 0.269 e. The van der Waals surface area contributed by atoms with E-state index in [0.29, 0.717) is 0 Å². The summed E-state index contributed by atoms with van der Waals surface area (Å²) in [5.74, 6) is 0.0249. The van der Waals surface area contributed by atoms with Crippen molar-refractivity contribution in [2.24, 2.45) is 0 Å². The monoisotopic (exact) mass is 625 g/mol. The number of aliphatic hydroxyl groups is 10. The largest absolute Gasteiger partial charge is 0.462 e. The topological polar surface area (TPSA) is 301 Å². The second kappa shape index (κ2) is 14.3. The fraction of sp³-hybridized carbons (Fsp3) is 0.750. The standard InChI is InChI=1S/C24H35NO18/c26-5-10-13(29)15(31)17(33)23(39-10)43-21-14(30)11(6-27)40-24(19(21)35)42-20-12(7-28)41-22(18(34)16(20)32)38-9-3-1-8(2-4-9)25(36)37/h1-4,10-24,26-35H,5-7H2/t10-,11-,12-,13+,14+,15+,16-,17-,18-,19-,20-,21+,22-,23+,24+/m1/s1. The van der Waals surface area contributed by atoms with Crippen LogP contribution in [0.4, 0.5) is 5.69 Å². The Morgan fingerprint density at radius 1 is 0.605 bits per heavy atom. The van der Waals surface area contributed by atoms with Crippen molar-refractivity contribution in [1.29, 1.82) is 0 Å². The van der Waals surface area contributed by atoms with Crippen molar-refractivity contribution >= 4 is 5.69 Å². The minimum absolute atomic E-state index is 0.0249. The van der Waals surface area contributed by atoms with E-state index in [4.69, 9.17) is 28.4 Å². The van der Waals surface area contributed by atoms with Crippen molar-refractivity contribution in [1.82, 2.24) is 0 Å². The zero-order valence-corrected chi connectivity index (χ0v) is 22.3. The molecular weight excluding hydrogens is 590 g/mol. The maximum Gasteiger partial charge on any atom is 0.269 e. The average Bonchev–Trinajstić information content (AvgIpc) is 3.00. The van der Waals surface area contributed by atoms with Gasteiger partial charge in [-0.15, -0.1) is 0 Å². The third-order valence-corrected chi connectivity index (χ3v) is 7.37. The lowest BCUT2D eigenvalue weighted by Gasteiger charge is -2.48. The van der Waals surface area contributed by atoms with E-state index in [1.807, 2.05) is 0 Å². The summed E-state index contributed by atoms with van der Waals surface area (Å²) in [7, 11) is 0. The summed E-state index contributed by atoms with van der Waals surface area (Å²) in [6, 6.07) is 4.71. The fourth-order valence-electron chi connectivity index (χ4n) is 4.91. The summed E-state index contributed by atoms with van der Waals surface area (Å²) < 4.78 is 32.8. The highest BCUT2D eigenvalue weighted by Gasteiger charge is 2.53. The van der Waals surface area contributed by atoms with Crippen LogP contribution in [0, 0.1) is 10.1 Å². The lowest BCUT2D eigenvalue weighted by molar-refractivity contribution is -0.384. The third-order valence-electron chi connectivity index (χ3n) is 7.37. The Morgan fingerprint density at radius 3 is 1.65 bits per heavy atom. The molecule has 0 bridgehead atoms. The predicted octanol–water partition coefficient (Wildman–Crippen LogP) is -5.58. The van der Waals surface area contributed by atoms with Crippen LogP contribution < -0.4 is 4.74 Å². The Hall–Kier alpha value is -2.18. The molecule has 4 rings (SSSR count). The number of benzene rings is 1. The molecule has 19 heteroatoms. The van der Waals surface area contributed by atoms with E-state index < -0.39 is 117 Å². The van der Waals surface area contributed by atoms with Gasteiger partial charge in [-0.05, 0) is 12.1 Å². The van der Waals surface area contributed by atoms with Gasteiger partial charge in [0.05, 0.1) is 24.7 Å². The summed E-state index contributed by atoms with van der Waals surface area (Å²) >= 11 is 0. The third kappa shape index (κ3) is 7.06. The highest BCUT2D eigenvalue weighted by Crippen LogP contribution is 2.33. The first kappa shape index (κ1) is 33.7. The highest BCUT2D eigenvalue weighted by molar-refractivity contribution is 5.36. The second-order valence-electron chi connectivity index (χ2n) is 10.2. The molecule has 0 amide bonds.